The molecule has 0 aromatic carbocycles. The highest BCUT2D eigenvalue weighted by Crippen LogP contribution is 2.18. The van der Waals surface area contributed by atoms with Crippen molar-refractivity contribution in [2.24, 2.45) is 5.92 Å². The molecule has 2 aromatic heterocycles. The summed E-state index contributed by atoms with van der Waals surface area (Å²) >= 11 is 5.98. The average Bonchev–Trinajstić information content (AvgIpc) is 3.02. The van der Waals surface area contributed by atoms with E-state index in [1.807, 2.05) is 11.9 Å². The minimum Gasteiger partial charge on any atom is -0.381 e. The first kappa shape index (κ1) is 14.2. The molecule has 0 spiro atoms. The number of hydrogen-bond donors (Lipinski definition) is 0. The van der Waals surface area contributed by atoms with E-state index in [-0.39, 0.29) is 5.28 Å². The highest BCUT2D eigenvalue weighted by Gasteiger charge is 2.18. The van der Waals surface area contributed by atoms with E-state index in [1.165, 1.54) is 17.3 Å². The number of halogens is 1. The van der Waals surface area contributed by atoms with Gasteiger partial charge in [0.15, 0.2) is 0 Å². The van der Waals surface area contributed by atoms with Gasteiger partial charge in [-0.1, -0.05) is 0 Å². The Bertz CT molecular complexity index is 585. The molecule has 1 aliphatic heterocycles. The molecule has 0 unspecified atom stereocenters. The second-order valence-corrected chi connectivity index (χ2v) is 5.32. The standard InChI is InChI=1S/C12H16ClN7O/c1-19(6-9-2-4-21-5-3-9)11-16-10(13)17-12(18-11)20-8-14-7-15-20/h7-9H,2-6H2,1H3. The van der Waals surface area contributed by atoms with Gasteiger partial charge in [0.05, 0.1) is 0 Å². The zero-order valence-electron chi connectivity index (χ0n) is 11.7. The van der Waals surface area contributed by atoms with Crippen LogP contribution in [0.2, 0.25) is 5.28 Å². The summed E-state index contributed by atoms with van der Waals surface area (Å²) in [5.74, 6) is 1.47. The normalized spacial score (nSPS) is 16.1. The van der Waals surface area contributed by atoms with Gasteiger partial charge in [0.2, 0.25) is 11.2 Å². The first-order chi connectivity index (χ1) is 10.2. The van der Waals surface area contributed by atoms with Gasteiger partial charge in [0, 0.05) is 26.8 Å². The van der Waals surface area contributed by atoms with E-state index in [2.05, 4.69) is 25.0 Å². The van der Waals surface area contributed by atoms with E-state index < -0.39 is 0 Å². The van der Waals surface area contributed by atoms with E-state index >= 15 is 0 Å². The van der Waals surface area contributed by atoms with Gasteiger partial charge in [0.1, 0.15) is 12.7 Å². The van der Waals surface area contributed by atoms with Crippen LogP contribution in [0.4, 0.5) is 5.95 Å². The molecule has 21 heavy (non-hydrogen) atoms. The molecule has 0 N–H and O–H groups in total. The summed E-state index contributed by atoms with van der Waals surface area (Å²) in [5, 5.41) is 4.15. The van der Waals surface area contributed by atoms with Crippen LogP contribution >= 0.6 is 11.6 Å². The molecule has 1 aliphatic rings. The van der Waals surface area contributed by atoms with Gasteiger partial charge in [0.25, 0.3) is 5.95 Å². The van der Waals surface area contributed by atoms with Crippen molar-refractivity contribution >= 4 is 17.5 Å². The molecule has 0 amide bonds. The minimum atomic E-state index is 0.143. The van der Waals surface area contributed by atoms with Gasteiger partial charge in [-0.2, -0.15) is 24.7 Å². The van der Waals surface area contributed by atoms with Crippen LogP contribution < -0.4 is 4.90 Å². The minimum absolute atomic E-state index is 0.143. The van der Waals surface area contributed by atoms with Crippen LogP contribution in [0, 0.1) is 5.92 Å². The predicted molar refractivity (Wildman–Crippen MR) is 76.6 cm³/mol. The maximum Gasteiger partial charge on any atom is 0.258 e. The Balaban J connectivity index is 1.77. The van der Waals surface area contributed by atoms with E-state index in [4.69, 9.17) is 16.3 Å². The molecular weight excluding hydrogens is 294 g/mol. The Morgan fingerprint density at radius 2 is 2.14 bits per heavy atom. The van der Waals surface area contributed by atoms with Gasteiger partial charge in [-0.05, 0) is 30.4 Å². The summed E-state index contributed by atoms with van der Waals surface area (Å²) in [6.07, 6.45) is 5.05. The van der Waals surface area contributed by atoms with Crippen LogP contribution in [0.3, 0.4) is 0 Å². The van der Waals surface area contributed by atoms with Crippen LogP contribution in [-0.4, -0.2) is 56.5 Å². The number of aromatic nitrogens is 6. The fourth-order valence-electron chi connectivity index (χ4n) is 2.31. The van der Waals surface area contributed by atoms with Gasteiger partial charge >= 0.3 is 0 Å². The topological polar surface area (TPSA) is 81.9 Å². The van der Waals surface area contributed by atoms with Gasteiger partial charge in [-0.15, -0.1) is 0 Å². The predicted octanol–water partition coefficient (Wildman–Crippen LogP) is 0.968. The number of rotatable bonds is 4. The van der Waals surface area contributed by atoms with Crippen molar-refractivity contribution in [1.29, 1.82) is 0 Å². The molecule has 2 aromatic rings. The summed E-state index contributed by atoms with van der Waals surface area (Å²) < 4.78 is 6.83. The number of ether oxygens (including phenoxy) is 1. The highest BCUT2D eigenvalue weighted by molar-refractivity contribution is 6.28. The first-order valence-corrected chi connectivity index (χ1v) is 7.15. The number of hydrogen-bond acceptors (Lipinski definition) is 7. The van der Waals surface area contributed by atoms with Crippen LogP contribution in [0.25, 0.3) is 5.95 Å². The van der Waals surface area contributed by atoms with Crippen molar-refractivity contribution < 1.29 is 4.74 Å². The number of anilines is 1. The molecular formula is C12H16ClN7O. The zero-order valence-corrected chi connectivity index (χ0v) is 12.4. The lowest BCUT2D eigenvalue weighted by atomic mass is 10.0. The van der Waals surface area contributed by atoms with Crippen molar-refractivity contribution in [3.05, 3.63) is 17.9 Å². The molecule has 1 saturated heterocycles. The van der Waals surface area contributed by atoms with E-state index in [9.17, 15) is 0 Å². The Morgan fingerprint density at radius 1 is 1.33 bits per heavy atom. The highest BCUT2D eigenvalue weighted by atomic mass is 35.5. The Labute approximate surface area is 127 Å². The summed E-state index contributed by atoms with van der Waals surface area (Å²) in [6.45, 7) is 2.50. The molecule has 0 aliphatic carbocycles. The van der Waals surface area contributed by atoms with Crippen LogP contribution in [0.15, 0.2) is 12.7 Å². The van der Waals surface area contributed by atoms with E-state index in [0.717, 1.165) is 32.6 Å². The molecule has 1 fully saturated rings. The number of nitrogens with zero attached hydrogens (tertiary/aromatic N) is 7. The summed E-state index contributed by atoms with van der Waals surface area (Å²) in [4.78, 5) is 18.5. The van der Waals surface area contributed by atoms with Crippen molar-refractivity contribution in [3.63, 3.8) is 0 Å². The molecule has 0 saturated carbocycles. The summed E-state index contributed by atoms with van der Waals surface area (Å²) in [5.41, 5.74) is 0. The summed E-state index contributed by atoms with van der Waals surface area (Å²) in [6, 6.07) is 0. The first-order valence-electron chi connectivity index (χ1n) is 6.78. The SMILES string of the molecule is CN(CC1CCOCC1)c1nc(Cl)nc(-n2cncn2)n1. The van der Waals surface area contributed by atoms with Crippen molar-refractivity contribution in [3.8, 4) is 5.95 Å². The third-order valence-electron chi connectivity index (χ3n) is 3.42. The Hall–Kier alpha value is -1.80. The van der Waals surface area contributed by atoms with Gasteiger partial charge in [-0.25, -0.2) is 4.98 Å². The fraction of sp³-hybridized carbons (Fsp3) is 0.583. The average molecular weight is 310 g/mol. The maximum atomic E-state index is 5.98. The Kier molecular flexibility index (Phi) is 4.26. The maximum absolute atomic E-state index is 5.98. The second kappa shape index (κ2) is 6.31. The fourth-order valence-corrected chi connectivity index (χ4v) is 2.46. The lowest BCUT2D eigenvalue weighted by molar-refractivity contribution is 0.0684. The Morgan fingerprint density at radius 3 is 2.86 bits per heavy atom. The monoisotopic (exact) mass is 309 g/mol. The third kappa shape index (κ3) is 3.45. The molecule has 0 bridgehead atoms. The van der Waals surface area contributed by atoms with Crippen LogP contribution in [-0.2, 0) is 4.74 Å². The molecule has 3 rings (SSSR count). The van der Waals surface area contributed by atoms with E-state index in [1.54, 1.807) is 0 Å². The molecule has 3 heterocycles. The third-order valence-corrected chi connectivity index (χ3v) is 3.59. The van der Waals surface area contributed by atoms with Crippen LogP contribution in [0.5, 0.6) is 0 Å². The van der Waals surface area contributed by atoms with E-state index in [0.29, 0.717) is 17.8 Å². The molecule has 0 atom stereocenters. The zero-order chi connectivity index (χ0) is 14.7. The smallest absolute Gasteiger partial charge is 0.258 e. The lowest BCUT2D eigenvalue weighted by Gasteiger charge is -2.27. The van der Waals surface area contributed by atoms with Gasteiger partial charge in [-0.3, -0.25) is 0 Å². The van der Waals surface area contributed by atoms with Gasteiger partial charge < -0.3 is 9.64 Å². The van der Waals surface area contributed by atoms with Crippen molar-refractivity contribution in [1.82, 2.24) is 29.7 Å². The summed E-state index contributed by atoms with van der Waals surface area (Å²) in [7, 11) is 1.95. The van der Waals surface area contributed by atoms with Crippen LogP contribution in [0.1, 0.15) is 12.8 Å². The lowest BCUT2D eigenvalue weighted by Crippen LogP contribution is -2.31. The second-order valence-electron chi connectivity index (χ2n) is 4.98. The molecule has 9 heteroatoms. The quantitative estimate of drug-likeness (QED) is 0.832. The molecule has 112 valence electrons. The van der Waals surface area contributed by atoms with Crippen molar-refractivity contribution in [2.75, 3.05) is 31.7 Å². The molecule has 0 radical (unpaired) electrons. The largest absolute Gasteiger partial charge is 0.381 e. The van der Waals surface area contributed by atoms with Crippen molar-refractivity contribution in [2.45, 2.75) is 12.8 Å². The molecule has 8 nitrogen and oxygen atoms in total.